The van der Waals surface area contributed by atoms with Crippen LogP contribution in [-0.2, 0) is 14.8 Å². The van der Waals surface area contributed by atoms with E-state index in [9.17, 15) is 18.0 Å². The molecule has 3 aliphatic rings. The van der Waals surface area contributed by atoms with Crippen LogP contribution in [0, 0.1) is 5.92 Å². The third kappa shape index (κ3) is 6.65. The molecule has 0 spiro atoms. The van der Waals surface area contributed by atoms with E-state index in [1.807, 2.05) is 0 Å². The molecule has 3 aliphatic heterocycles. The van der Waals surface area contributed by atoms with Gasteiger partial charge in [0.15, 0.2) is 11.5 Å². The van der Waals surface area contributed by atoms with Gasteiger partial charge in [0.05, 0.1) is 11.3 Å². The molecule has 0 bridgehead atoms. The van der Waals surface area contributed by atoms with Crippen LogP contribution in [0.2, 0.25) is 0 Å². The van der Waals surface area contributed by atoms with Crippen molar-refractivity contribution in [2.45, 2.75) is 50.6 Å². The number of para-hydroxylation sites is 1. The Kier molecular flexibility index (Phi) is 8.85. The minimum atomic E-state index is -3.39. The Morgan fingerprint density at radius 1 is 1.14 bits per heavy atom. The smallest absolute Gasteiger partial charge is 0.255 e. The van der Waals surface area contributed by atoms with Crippen LogP contribution < -0.4 is 25.4 Å². The Balaban J connectivity index is 1.37. The molecule has 1 aromatic carbocycles. The van der Waals surface area contributed by atoms with Crippen molar-refractivity contribution in [2.75, 3.05) is 45.1 Å². The molecule has 4 rings (SSSR count). The second-order valence-electron chi connectivity index (χ2n) is 9.41. The van der Waals surface area contributed by atoms with Crippen molar-refractivity contribution >= 4 is 22.3 Å². The van der Waals surface area contributed by atoms with Gasteiger partial charge < -0.3 is 25.4 Å². The molecule has 2 fully saturated rings. The highest BCUT2D eigenvalue weighted by Crippen LogP contribution is 2.34. The minimum absolute atomic E-state index is 0.0385. The van der Waals surface area contributed by atoms with E-state index in [0.717, 1.165) is 25.9 Å². The maximum atomic E-state index is 13.2. The number of sulfonamides is 1. The second kappa shape index (κ2) is 12.0. The van der Waals surface area contributed by atoms with Crippen molar-refractivity contribution in [2.24, 2.45) is 5.92 Å². The SMILES string of the molecule is O=CNC1CCN(S(=O)(=O)CCCC(NC(=O)c2cccc3c2OCCO3)C2CCNCC2)CC1. The molecule has 2 saturated heterocycles. The number of rotatable bonds is 10. The van der Waals surface area contributed by atoms with E-state index < -0.39 is 10.0 Å². The van der Waals surface area contributed by atoms with Crippen LogP contribution in [0.1, 0.15) is 48.9 Å². The van der Waals surface area contributed by atoms with Gasteiger partial charge in [-0.15, -0.1) is 0 Å². The van der Waals surface area contributed by atoms with Crippen molar-refractivity contribution in [1.82, 2.24) is 20.3 Å². The molecule has 1 aromatic rings. The molecule has 3 heterocycles. The predicted octanol–water partition coefficient (Wildman–Crippen LogP) is 0.876. The van der Waals surface area contributed by atoms with Gasteiger partial charge in [0.25, 0.3) is 5.91 Å². The maximum Gasteiger partial charge on any atom is 0.255 e. The Labute approximate surface area is 207 Å². The first-order chi connectivity index (χ1) is 17.0. The van der Waals surface area contributed by atoms with Gasteiger partial charge in [0.2, 0.25) is 16.4 Å². The van der Waals surface area contributed by atoms with E-state index in [1.54, 1.807) is 18.2 Å². The number of hydrogen-bond acceptors (Lipinski definition) is 7. The lowest BCUT2D eigenvalue weighted by Gasteiger charge is -2.33. The van der Waals surface area contributed by atoms with Crippen molar-refractivity contribution in [3.63, 3.8) is 0 Å². The predicted molar refractivity (Wildman–Crippen MR) is 131 cm³/mol. The fraction of sp³-hybridized carbons (Fsp3) is 0.667. The van der Waals surface area contributed by atoms with Crippen molar-refractivity contribution in [3.05, 3.63) is 23.8 Å². The number of benzene rings is 1. The summed E-state index contributed by atoms with van der Waals surface area (Å²) in [6.45, 7) is 3.46. The fourth-order valence-electron chi connectivity index (χ4n) is 5.18. The molecule has 1 unspecified atom stereocenters. The monoisotopic (exact) mass is 508 g/mol. The normalized spacial score (nSPS) is 20.7. The summed E-state index contributed by atoms with van der Waals surface area (Å²) in [4.78, 5) is 23.9. The lowest BCUT2D eigenvalue weighted by atomic mass is 9.87. The Bertz CT molecular complexity index is 974. The molecule has 35 heavy (non-hydrogen) atoms. The molecule has 0 aromatic heterocycles. The summed E-state index contributed by atoms with van der Waals surface area (Å²) < 4.78 is 38.7. The summed E-state index contributed by atoms with van der Waals surface area (Å²) in [6.07, 6.45) is 4.84. The van der Waals surface area contributed by atoms with Crippen molar-refractivity contribution in [3.8, 4) is 11.5 Å². The van der Waals surface area contributed by atoms with Gasteiger partial charge in [0.1, 0.15) is 13.2 Å². The highest BCUT2D eigenvalue weighted by molar-refractivity contribution is 7.89. The van der Waals surface area contributed by atoms with E-state index in [1.165, 1.54) is 4.31 Å². The van der Waals surface area contributed by atoms with Gasteiger partial charge in [-0.2, -0.15) is 0 Å². The molecule has 2 amide bonds. The van der Waals surface area contributed by atoms with Crippen LogP contribution in [0.4, 0.5) is 0 Å². The molecule has 0 aliphatic carbocycles. The molecule has 0 radical (unpaired) electrons. The average Bonchev–Trinajstić information content (AvgIpc) is 2.88. The molecule has 11 heteroatoms. The number of ether oxygens (including phenoxy) is 2. The number of nitrogens with zero attached hydrogens (tertiary/aromatic N) is 1. The van der Waals surface area contributed by atoms with Crippen LogP contribution in [0.5, 0.6) is 11.5 Å². The molecular formula is C24H36N4O6S. The lowest BCUT2D eigenvalue weighted by Crippen LogP contribution is -2.46. The third-order valence-corrected chi connectivity index (χ3v) is 9.11. The summed E-state index contributed by atoms with van der Waals surface area (Å²) in [5.74, 6) is 1.15. The maximum absolute atomic E-state index is 13.2. The van der Waals surface area contributed by atoms with E-state index in [2.05, 4.69) is 16.0 Å². The fourth-order valence-corrected chi connectivity index (χ4v) is 6.74. The number of piperidine rings is 2. The van der Waals surface area contributed by atoms with Crippen molar-refractivity contribution in [1.29, 1.82) is 0 Å². The van der Waals surface area contributed by atoms with E-state index in [-0.39, 0.29) is 29.7 Å². The Morgan fingerprint density at radius 2 is 1.89 bits per heavy atom. The Hall–Kier alpha value is -2.37. The standard InChI is InChI=1S/C24H36N4O6S/c29-17-26-19-8-12-28(13-9-19)35(31,32)16-2-4-21(18-6-10-25-11-7-18)27-24(30)20-3-1-5-22-23(20)34-15-14-33-22/h1,3,5,17-19,21,25H,2,4,6-16H2,(H,26,29)(H,27,30). The van der Waals surface area contributed by atoms with Gasteiger partial charge in [0, 0.05) is 25.2 Å². The summed E-state index contributed by atoms with van der Waals surface area (Å²) in [5, 5.41) is 9.28. The highest BCUT2D eigenvalue weighted by Gasteiger charge is 2.30. The second-order valence-corrected chi connectivity index (χ2v) is 11.5. The van der Waals surface area contributed by atoms with Crippen LogP contribution >= 0.6 is 0 Å². The minimum Gasteiger partial charge on any atom is -0.486 e. The average molecular weight is 509 g/mol. The van der Waals surface area contributed by atoms with Gasteiger partial charge >= 0.3 is 0 Å². The first-order valence-electron chi connectivity index (χ1n) is 12.6. The zero-order chi connectivity index (χ0) is 24.7. The molecule has 1 atom stereocenters. The van der Waals surface area contributed by atoms with Crippen LogP contribution in [0.15, 0.2) is 18.2 Å². The zero-order valence-electron chi connectivity index (χ0n) is 20.0. The molecule has 3 N–H and O–H groups in total. The van der Waals surface area contributed by atoms with E-state index >= 15 is 0 Å². The zero-order valence-corrected chi connectivity index (χ0v) is 20.9. The number of amides is 2. The lowest BCUT2D eigenvalue weighted by molar-refractivity contribution is -0.110. The Morgan fingerprint density at radius 3 is 2.63 bits per heavy atom. The highest BCUT2D eigenvalue weighted by atomic mass is 32.2. The third-order valence-electron chi connectivity index (χ3n) is 7.15. The van der Waals surface area contributed by atoms with Crippen LogP contribution in [0.3, 0.4) is 0 Å². The topological polar surface area (TPSA) is 126 Å². The van der Waals surface area contributed by atoms with E-state index in [0.29, 0.717) is 75.5 Å². The largest absolute Gasteiger partial charge is 0.486 e. The quantitative estimate of drug-likeness (QED) is 0.401. The summed E-state index contributed by atoms with van der Waals surface area (Å²) >= 11 is 0. The van der Waals surface area contributed by atoms with Crippen LogP contribution in [-0.4, -0.2) is 82.3 Å². The number of carbonyl (C=O) groups excluding carboxylic acids is 2. The summed E-state index contributed by atoms with van der Waals surface area (Å²) in [6, 6.07) is 5.22. The summed E-state index contributed by atoms with van der Waals surface area (Å²) in [5.41, 5.74) is 0.445. The first kappa shape index (κ1) is 25.7. The van der Waals surface area contributed by atoms with Gasteiger partial charge in [-0.05, 0) is 69.7 Å². The molecule has 0 saturated carbocycles. The molecular weight excluding hydrogens is 472 g/mol. The number of nitrogens with one attached hydrogen (secondary N) is 3. The number of fused-ring (bicyclic) bond motifs is 1. The first-order valence-corrected chi connectivity index (χ1v) is 14.2. The van der Waals surface area contributed by atoms with Crippen molar-refractivity contribution < 1.29 is 27.5 Å². The molecule has 194 valence electrons. The summed E-state index contributed by atoms with van der Waals surface area (Å²) in [7, 11) is -3.39. The number of hydrogen-bond donors (Lipinski definition) is 3. The number of carbonyl (C=O) groups is 2. The van der Waals surface area contributed by atoms with Crippen LogP contribution in [0.25, 0.3) is 0 Å². The van der Waals surface area contributed by atoms with Gasteiger partial charge in [-0.3, -0.25) is 9.59 Å². The van der Waals surface area contributed by atoms with Gasteiger partial charge in [-0.1, -0.05) is 6.07 Å². The molecule has 10 nitrogen and oxygen atoms in total. The van der Waals surface area contributed by atoms with Gasteiger partial charge in [-0.25, -0.2) is 12.7 Å². The van der Waals surface area contributed by atoms with E-state index in [4.69, 9.17) is 9.47 Å².